The summed E-state index contributed by atoms with van der Waals surface area (Å²) < 4.78 is 5.90. The second-order valence-corrected chi connectivity index (χ2v) is 5.49. The molecule has 3 nitrogen and oxygen atoms in total. The highest BCUT2D eigenvalue weighted by atomic mass is 127. The predicted octanol–water partition coefficient (Wildman–Crippen LogP) is 2.49. The summed E-state index contributed by atoms with van der Waals surface area (Å²) in [5, 5.41) is 0. The summed E-state index contributed by atoms with van der Waals surface area (Å²) >= 11 is 2.23. The third-order valence-corrected chi connectivity index (χ3v) is 3.44. The van der Waals surface area contributed by atoms with Crippen LogP contribution in [0.2, 0.25) is 0 Å². The van der Waals surface area contributed by atoms with Crippen LogP contribution in [-0.2, 0) is 9.53 Å². The maximum absolute atomic E-state index is 11.6. The molecule has 16 heavy (non-hydrogen) atoms. The van der Waals surface area contributed by atoms with Crippen LogP contribution in [0.5, 0.6) is 0 Å². The molecule has 0 radical (unpaired) electrons. The zero-order valence-electron chi connectivity index (χ0n) is 9.66. The molecule has 1 aromatic carbocycles. The second-order valence-electron chi connectivity index (χ2n) is 4.24. The normalized spacial score (nSPS) is 13.3. The van der Waals surface area contributed by atoms with Crippen molar-refractivity contribution < 1.29 is 9.53 Å². The van der Waals surface area contributed by atoms with Gasteiger partial charge in [0.15, 0.2) is 0 Å². The first-order chi connectivity index (χ1) is 7.39. The summed E-state index contributed by atoms with van der Waals surface area (Å²) in [5.74, 6) is -0.293. The number of rotatable bonds is 3. The fourth-order valence-electron chi connectivity index (χ4n) is 1.48. The number of carbonyl (C=O) groups is 1. The lowest BCUT2D eigenvalue weighted by molar-refractivity contribution is -0.152. The predicted molar refractivity (Wildman–Crippen MR) is 71.9 cm³/mol. The summed E-state index contributed by atoms with van der Waals surface area (Å²) in [5.41, 5.74) is 6.32. The Hall–Kier alpha value is -0.620. The molecule has 1 rings (SSSR count). The van der Waals surface area contributed by atoms with Crippen LogP contribution in [0.15, 0.2) is 24.3 Å². The van der Waals surface area contributed by atoms with Gasteiger partial charge in [0.1, 0.15) is 0 Å². The molecule has 1 aromatic rings. The first kappa shape index (κ1) is 13.4. The molecular weight excluding hydrogens is 317 g/mol. The number of hydrogen-bond acceptors (Lipinski definition) is 3. The van der Waals surface area contributed by atoms with Gasteiger partial charge in [-0.1, -0.05) is 12.1 Å². The molecular formula is C12H16INO2. The number of carbonyl (C=O) groups excluding carboxylic acids is 1. The molecule has 0 saturated heterocycles. The van der Waals surface area contributed by atoms with E-state index in [1.165, 1.54) is 7.11 Å². The average Bonchev–Trinajstić information content (AvgIpc) is 2.28. The van der Waals surface area contributed by atoms with E-state index in [0.29, 0.717) is 0 Å². The molecule has 0 aromatic heterocycles. The largest absolute Gasteiger partial charge is 0.469 e. The molecule has 88 valence electrons. The van der Waals surface area contributed by atoms with Crippen LogP contribution in [0.4, 0.5) is 0 Å². The van der Waals surface area contributed by atoms with Crippen molar-refractivity contribution in [3.05, 3.63) is 33.4 Å². The van der Waals surface area contributed by atoms with Crippen LogP contribution in [0.1, 0.15) is 25.5 Å². The standard InChI is InChI=1S/C12H16INO2/c1-12(2,11(15)16-3)10(14)8-4-6-9(13)7-5-8/h4-7,10H,14H2,1-3H3/t10-/m1/s1. The summed E-state index contributed by atoms with van der Waals surface area (Å²) in [6, 6.07) is 7.47. The molecule has 0 aliphatic heterocycles. The molecule has 0 saturated carbocycles. The third-order valence-electron chi connectivity index (χ3n) is 2.72. The maximum Gasteiger partial charge on any atom is 0.313 e. The Balaban J connectivity index is 2.97. The SMILES string of the molecule is COC(=O)C(C)(C)[C@H](N)c1ccc(I)cc1. The van der Waals surface area contributed by atoms with E-state index in [1.807, 2.05) is 24.3 Å². The van der Waals surface area contributed by atoms with Crippen LogP contribution in [0, 0.1) is 8.99 Å². The molecule has 0 spiro atoms. The topological polar surface area (TPSA) is 52.3 Å². The Morgan fingerprint density at radius 1 is 1.38 bits per heavy atom. The third kappa shape index (κ3) is 2.74. The monoisotopic (exact) mass is 333 g/mol. The molecule has 0 aliphatic rings. The summed E-state index contributed by atoms with van der Waals surface area (Å²) in [7, 11) is 1.38. The molecule has 4 heteroatoms. The molecule has 1 atom stereocenters. The van der Waals surface area contributed by atoms with Crippen molar-refractivity contribution in [1.82, 2.24) is 0 Å². The molecule has 0 bridgehead atoms. The fraction of sp³-hybridized carbons (Fsp3) is 0.417. The molecule has 0 amide bonds. The van der Waals surface area contributed by atoms with E-state index in [1.54, 1.807) is 13.8 Å². The van der Waals surface area contributed by atoms with Gasteiger partial charge in [0.05, 0.1) is 12.5 Å². The highest BCUT2D eigenvalue weighted by Crippen LogP contribution is 2.32. The van der Waals surface area contributed by atoms with Gasteiger partial charge < -0.3 is 10.5 Å². The van der Waals surface area contributed by atoms with E-state index >= 15 is 0 Å². The van der Waals surface area contributed by atoms with Crippen molar-refractivity contribution in [1.29, 1.82) is 0 Å². The minimum absolute atomic E-state index is 0.293. The van der Waals surface area contributed by atoms with Crippen LogP contribution in [0.25, 0.3) is 0 Å². The second kappa shape index (κ2) is 5.14. The maximum atomic E-state index is 11.6. The lowest BCUT2D eigenvalue weighted by Crippen LogP contribution is -2.37. The fourth-order valence-corrected chi connectivity index (χ4v) is 1.84. The molecule has 0 fully saturated rings. The smallest absolute Gasteiger partial charge is 0.313 e. The number of ether oxygens (including phenoxy) is 1. The number of halogens is 1. The van der Waals surface area contributed by atoms with E-state index < -0.39 is 5.41 Å². The summed E-state index contributed by atoms with van der Waals surface area (Å²) in [4.78, 5) is 11.6. The van der Waals surface area contributed by atoms with Gasteiger partial charge in [-0.3, -0.25) is 4.79 Å². The van der Waals surface area contributed by atoms with Gasteiger partial charge >= 0.3 is 5.97 Å². The highest BCUT2D eigenvalue weighted by molar-refractivity contribution is 14.1. The Morgan fingerprint density at radius 3 is 2.31 bits per heavy atom. The van der Waals surface area contributed by atoms with E-state index in [0.717, 1.165) is 9.13 Å². The van der Waals surface area contributed by atoms with E-state index in [-0.39, 0.29) is 12.0 Å². The number of esters is 1. The number of nitrogens with two attached hydrogens (primary N) is 1. The first-order valence-corrected chi connectivity index (χ1v) is 6.07. The molecule has 0 unspecified atom stereocenters. The molecule has 0 aliphatic carbocycles. The Bertz CT molecular complexity index is 373. The Labute approximate surface area is 109 Å². The minimum Gasteiger partial charge on any atom is -0.469 e. The van der Waals surface area contributed by atoms with Crippen molar-refractivity contribution in [3.8, 4) is 0 Å². The Kier molecular flexibility index (Phi) is 4.32. The van der Waals surface area contributed by atoms with E-state index in [4.69, 9.17) is 10.5 Å². The van der Waals surface area contributed by atoms with Crippen LogP contribution >= 0.6 is 22.6 Å². The van der Waals surface area contributed by atoms with Crippen molar-refractivity contribution in [3.63, 3.8) is 0 Å². The summed E-state index contributed by atoms with van der Waals surface area (Å²) in [6.45, 7) is 3.59. The van der Waals surface area contributed by atoms with Crippen molar-refractivity contribution in [2.24, 2.45) is 11.1 Å². The molecule has 2 N–H and O–H groups in total. The van der Waals surface area contributed by atoms with Gasteiger partial charge in [-0.15, -0.1) is 0 Å². The van der Waals surface area contributed by atoms with Crippen molar-refractivity contribution in [2.75, 3.05) is 7.11 Å². The lowest BCUT2D eigenvalue weighted by Gasteiger charge is -2.28. The minimum atomic E-state index is -0.721. The highest BCUT2D eigenvalue weighted by Gasteiger charge is 2.36. The number of benzene rings is 1. The number of methoxy groups -OCH3 is 1. The van der Waals surface area contributed by atoms with Crippen molar-refractivity contribution in [2.45, 2.75) is 19.9 Å². The quantitative estimate of drug-likeness (QED) is 0.683. The van der Waals surface area contributed by atoms with E-state index in [2.05, 4.69) is 22.6 Å². The van der Waals surface area contributed by atoms with Crippen LogP contribution in [0.3, 0.4) is 0 Å². The summed E-state index contributed by atoms with van der Waals surface area (Å²) in [6.07, 6.45) is 0. The first-order valence-electron chi connectivity index (χ1n) is 4.99. The van der Waals surface area contributed by atoms with Crippen molar-refractivity contribution >= 4 is 28.6 Å². The van der Waals surface area contributed by atoms with E-state index in [9.17, 15) is 4.79 Å². The lowest BCUT2D eigenvalue weighted by atomic mass is 9.81. The van der Waals surface area contributed by atoms with Gasteiger partial charge in [-0.2, -0.15) is 0 Å². The van der Waals surface area contributed by atoms with Gasteiger partial charge in [0.25, 0.3) is 0 Å². The average molecular weight is 333 g/mol. The zero-order valence-corrected chi connectivity index (χ0v) is 11.8. The van der Waals surface area contributed by atoms with Gasteiger partial charge in [-0.05, 0) is 54.1 Å². The zero-order chi connectivity index (χ0) is 12.3. The molecule has 0 heterocycles. The van der Waals surface area contributed by atoms with Gasteiger partial charge in [0, 0.05) is 9.61 Å². The van der Waals surface area contributed by atoms with Crippen LogP contribution < -0.4 is 5.73 Å². The Morgan fingerprint density at radius 2 is 1.88 bits per heavy atom. The number of hydrogen-bond donors (Lipinski definition) is 1. The van der Waals surface area contributed by atoms with Crippen LogP contribution in [-0.4, -0.2) is 13.1 Å². The van der Waals surface area contributed by atoms with Gasteiger partial charge in [-0.25, -0.2) is 0 Å². The van der Waals surface area contributed by atoms with Gasteiger partial charge in [0.2, 0.25) is 0 Å².